The third-order valence-electron chi connectivity index (χ3n) is 2.51. The molecule has 68 valence electrons. The molecule has 0 spiro atoms. The van der Waals surface area contributed by atoms with Crippen molar-refractivity contribution in [3.8, 4) is 0 Å². The highest BCUT2D eigenvalue weighted by Gasteiger charge is 2.20. The molecule has 0 amide bonds. The van der Waals surface area contributed by atoms with E-state index in [0.29, 0.717) is 12.8 Å². The molecule has 1 aromatic rings. The first-order valence-electron chi connectivity index (χ1n) is 4.51. The van der Waals surface area contributed by atoms with Gasteiger partial charge in [-0.3, -0.25) is 4.79 Å². The predicted octanol–water partition coefficient (Wildman–Crippen LogP) is 2.50. The number of carbonyl (C=O) groups is 1. The summed E-state index contributed by atoms with van der Waals surface area (Å²) in [5.41, 5.74) is 2.18. The Morgan fingerprint density at radius 1 is 1.46 bits per heavy atom. The van der Waals surface area contributed by atoms with Crippen LogP contribution >= 0.6 is 0 Å². The number of carbonyl (C=O) groups excluding carboxylic acids is 1. The number of furan rings is 1. The second-order valence-electron chi connectivity index (χ2n) is 3.44. The molecule has 2 rings (SSSR count). The van der Waals surface area contributed by atoms with Gasteiger partial charge in [-0.2, -0.15) is 0 Å². The molecule has 0 unspecified atom stereocenters. The largest absolute Gasteiger partial charge is 0.469 e. The van der Waals surface area contributed by atoms with Gasteiger partial charge in [-0.15, -0.1) is 0 Å². The molecule has 0 saturated carbocycles. The Bertz CT molecular complexity index is 344. The average Bonchev–Trinajstić information content (AvgIpc) is 2.70. The van der Waals surface area contributed by atoms with Gasteiger partial charge in [-0.1, -0.05) is 5.57 Å². The summed E-state index contributed by atoms with van der Waals surface area (Å²) < 4.78 is 5.21. The Kier molecular flexibility index (Phi) is 2.05. The van der Waals surface area contributed by atoms with E-state index in [1.165, 1.54) is 5.57 Å². The topological polar surface area (TPSA) is 30.2 Å². The summed E-state index contributed by atoms with van der Waals surface area (Å²) >= 11 is 0. The summed E-state index contributed by atoms with van der Waals surface area (Å²) in [5, 5.41) is 0. The van der Waals surface area contributed by atoms with Gasteiger partial charge in [0.15, 0.2) is 5.78 Å². The summed E-state index contributed by atoms with van der Waals surface area (Å²) in [5.74, 6) is 1.17. The maximum Gasteiger partial charge on any atom is 0.159 e. The first-order chi connectivity index (χ1) is 6.27. The summed E-state index contributed by atoms with van der Waals surface area (Å²) in [6, 6.07) is 3.76. The monoisotopic (exact) mass is 176 g/mol. The van der Waals surface area contributed by atoms with E-state index in [1.807, 2.05) is 19.1 Å². The molecule has 1 aliphatic carbocycles. The van der Waals surface area contributed by atoms with Crippen molar-refractivity contribution in [1.82, 2.24) is 0 Å². The van der Waals surface area contributed by atoms with Crippen LogP contribution < -0.4 is 0 Å². The lowest BCUT2D eigenvalue weighted by Gasteiger charge is -1.98. The molecule has 1 aliphatic rings. The first-order valence-corrected chi connectivity index (χ1v) is 4.51. The highest BCUT2D eigenvalue weighted by molar-refractivity contribution is 5.98. The molecule has 2 nitrogen and oxygen atoms in total. The lowest BCUT2D eigenvalue weighted by Crippen LogP contribution is -1.99. The van der Waals surface area contributed by atoms with Crippen LogP contribution in [0.25, 0.3) is 0 Å². The molecule has 0 fully saturated rings. The zero-order valence-corrected chi connectivity index (χ0v) is 7.67. The van der Waals surface area contributed by atoms with E-state index < -0.39 is 0 Å². The fourth-order valence-corrected chi connectivity index (χ4v) is 1.68. The Balaban J connectivity index is 2.18. The Labute approximate surface area is 77.2 Å². The molecule has 2 heteroatoms. The van der Waals surface area contributed by atoms with Crippen LogP contribution in [0.15, 0.2) is 34.0 Å². The van der Waals surface area contributed by atoms with E-state index in [9.17, 15) is 4.79 Å². The molecule has 0 saturated heterocycles. The average molecular weight is 176 g/mol. The van der Waals surface area contributed by atoms with Crippen molar-refractivity contribution in [3.05, 3.63) is 35.3 Å². The normalized spacial score (nSPS) is 17.2. The molecular formula is C11H12O2. The third-order valence-corrected chi connectivity index (χ3v) is 2.51. The number of rotatable bonds is 2. The van der Waals surface area contributed by atoms with Gasteiger partial charge >= 0.3 is 0 Å². The minimum atomic E-state index is 0.286. The highest BCUT2D eigenvalue weighted by Crippen LogP contribution is 2.25. The van der Waals surface area contributed by atoms with Crippen molar-refractivity contribution < 1.29 is 9.21 Å². The quantitative estimate of drug-likeness (QED) is 0.693. The maximum absolute atomic E-state index is 11.4. The van der Waals surface area contributed by atoms with E-state index in [-0.39, 0.29) is 5.78 Å². The molecule has 0 radical (unpaired) electrons. The first kappa shape index (κ1) is 8.30. The van der Waals surface area contributed by atoms with Crippen LogP contribution in [0.4, 0.5) is 0 Å². The third kappa shape index (κ3) is 1.57. The SMILES string of the molecule is CC1=C(Cc2ccco2)C(=O)CC1. The van der Waals surface area contributed by atoms with Gasteiger partial charge in [0, 0.05) is 18.4 Å². The number of hydrogen-bond donors (Lipinski definition) is 0. The van der Waals surface area contributed by atoms with Crippen LogP contribution in [0, 0.1) is 0 Å². The molecular weight excluding hydrogens is 164 g/mol. The number of Topliss-reactive ketones (excluding diaryl/α,β-unsaturated/α-hetero) is 1. The Morgan fingerprint density at radius 2 is 2.31 bits per heavy atom. The van der Waals surface area contributed by atoms with Gasteiger partial charge in [-0.05, 0) is 25.5 Å². The van der Waals surface area contributed by atoms with E-state index in [4.69, 9.17) is 4.42 Å². The lowest BCUT2D eigenvalue weighted by molar-refractivity contribution is -0.115. The van der Waals surface area contributed by atoms with Crippen molar-refractivity contribution in [2.24, 2.45) is 0 Å². The Morgan fingerprint density at radius 3 is 2.85 bits per heavy atom. The van der Waals surface area contributed by atoms with E-state index in [2.05, 4.69) is 0 Å². The highest BCUT2D eigenvalue weighted by atomic mass is 16.3. The van der Waals surface area contributed by atoms with Crippen LogP contribution in [0.2, 0.25) is 0 Å². The zero-order chi connectivity index (χ0) is 9.26. The number of hydrogen-bond acceptors (Lipinski definition) is 2. The molecule has 0 N–H and O–H groups in total. The molecule has 1 aromatic heterocycles. The smallest absolute Gasteiger partial charge is 0.159 e. The summed E-state index contributed by atoms with van der Waals surface area (Å²) in [4.78, 5) is 11.4. The minimum absolute atomic E-state index is 0.286. The van der Waals surface area contributed by atoms with Crippen LogP contribution in [-0.2, 0) is 11.2 Å². The van der Waals surface area contributed by atoms with Crippen molar-refractivity contribution in [2.75, 3.05) is 0 Å². The van der Waals surface area contributed by atoms with Crippen molar-refractivity contribution in [1.29, 1.82) is 0 Å². The molecule has 1 heterocycles. The minimum Gasteiger partial charge on any atom is -0.469 e. The molecule has 0 aliphatic heterocycles. The van der Waals surface area contributed by atoms with Crippen LogP contribution in [-0.4, -0.2) is 5.78 Å². The zero-order valence-electron chi connectivity index (χ0n) is 7.67. The van der Waals surface area contributed by atoms with Gasteiger partial charge in [0.25, 0.3) is 0 Å². The fraction of sp³-hybridized carbons (Fsp3) is 0.364. The second kappa shape index (κ2) is 3.21. The van der Waals surface area contributed by atoms with Gasteiger partial charge < -0.3 is 4.42 Å². The molecule has 0 bridgehead atoms. The predicted molar refractivity (Wildman–Crippen MR) is 49.4 cm³/mol. The molecule has 0 atom stereocenters. The standard InChI is InChI=1S/C11H12O2/c1-8-4-5-11(12)10(8)7-9-3-2-6-13-9/h2-3,6H,4-5,7H2,1H3. The van der Waals surface area contributed by atoms with E-state index in [0.717, 1.165) is 17.8 Å². The van der Waals surface area contributed by atoms with Gasteiger partial charge in [0.1, 0.15) is 5.76 Å². The number of allylic oxidation sites excluding steroid dienone is 2. The van der Waals surface area contributed by atoms with E-state index in [1.54, 1.807) is 6.26 Å². The van der Waals surface area contributed by atoms with Crippen molar-refractivity contribution in [2.45, 2.75) is 26.2 Å². The van der Waals surface area contributed by atoms with Gasteiger partial charge in [0.05, 0.1) is 6.26 Å². The van der Waals surface area contributed by atoms with Crippen LogP contribution in [0.5, 0.6) is 0 Å². The summed E-state index contributed by atoms with van der Waals surface area (Å²) in [7, 11) is 0. The maximum atomic E-state index is 11.4. The summed E-state index contributed by atoms with van der Waals surface area (Å²) in [6.45, 7) is 2.03. The second-order valence-corrected chi connectivity index (χ2v) is 3.44. The molecule has 13 heavy (non-hydrogen) atoms. The lowest BCUT2D eigenvalue weighted by atomic mass is 10.1. The van der Waals surface area contributed by atoms with Gasteiger partial charge in [-0.25, -0.2) is 0 Å². The van der Waals surface area contributed by atoms with Gasteiger partial charge in [0.2, 0.25) is 0 Å². The van der Waals surface area contributed by atoms with Crippen LogP contribution in [0.1, 0.15) is 25.5 Å². The number of ketones is 1. The van der Waals surface area contributed by atoms with Crippen molar-refractivity contribution >= 4 is 5.78 Å². The Hall–Kier alpha value is -1.31. The van der Waals surface area contributed by atoms with E-state index >= 15 is 0 Å². The van der Waals surface area contributed by atoms with Crippen LogP contribution in [0.3, 0.4) is 0 Å². The summed E-state index contributed by atoms with van der Waals surface area (Å²) in [6.07, 6.45) is 3.92. The fourth-order valence-electron chi connectivity index (χ4n) is 1.68. The van der Waals surface area contributed by atoms with Crippen molar-refractivity contribution in [3.63, 3.8) is 0 Å². The molecule has 0 aromatic carbocycles.